The van der Waals surface area contributed by atoms with Crippen molar-refractivity contribution in [2.24, 2.45) is 5.73 Å². The highest BCUT2D eigenvalue weighted by Gasteiger charge is 2.21. The van der Waals surface area contributed by atoms with Crippen LogP contribution in [-0.4, -0.2) is 29.1 Å². The molecule has 110 valence electrons. The number of hydrogen-bond acceptors (Lipinski definition) is 5. The van der Waals surface area contributed by atoms with Gasteiger partial charge in [-0.1, -0.05) is 25.1 Å². The summed E-state index contributed by atoms with van der Waals surface area (Å²) in [6, 6.07) is 12.3. The van der Waals surface area contributed by atoms with Crippen LogP contribution in [0.25, 0.3) is 0 Å². The number of aryl methyl sites for hydroxylation is 1. The van der Waals surface area contributed by atoms with Gasteiger partial charge >= 0.3 is 0 Å². The third kappa shape index (κ3) is 3.31. The lowest BCUT2D eigenvalue weighted by Crippen LogP contribution is -2.27. The SMILES string of the molecule is CCc1cc(N2CCC(N)C2)nc(Nc2ccccc2)n1. The molecule has 0 amide bonds. The van der Waals surface area contributed by atoms with Crippen molar-refractivity contribution in [2.75, 3.05) is 23.3 Å². The fraction of sp³-hybridized carbons (Fsp3) is 0.375. The van der Waals surface area contributed by atoms with Crippen LogP contribution in [0.15, 0.2) is 36.4 Å². The van der Waals surface area contributed by atoms with Crippen LogP contribution in [-0.2, 0) is 6.42 Å². The summed E-state index contributed by atoms with van der Waals surface area (Å²) in [7, 11) is 0. The Labute approximate surface area is 125 Å². The van der Waals surface area contributed by atoms with E-state index in [9.17, 15) is 0 Å². The van der Waals surface area contributed by atoms with E-state index >= 15 is 0 Å². The van der Waals surface area contributed by atoms with Crippen LogP contribution in [0.5, 0.6) is 0 Å². The molecule has 0 aliphatic carbocycles. The zero-order chi connectivity index (χ0) is 14.7. The fourth-order valence-corrected chi connectivity index (χ4v) is 2.53. The van der Waals surface area contributed by atoms with Gasteiger partial charge in [0.2, 0.25) is 5.95 Å². The number of rotatable bonds is 4. The Morgan fingerprint density at radius 3 is 2.76 bits per heavy atom. The van der Waals surface area contributed by atoms with Gasteiger partial charge < -0.3 is 16.0 Å². The van der Waals surface area contributed by atoms with Crippen LogP contribution in [0.3, 0.4) is 0 Å². The highest BCUT2D eigenvalue weighted by molar-refractivity contribution is 5.55. The second kappa shape index (κ2) is 6.10. The Balaban J connectivity index is 1.86. The second-order valence-corrected chi connectivity index (χ2v) is 5.38. The van der Waals surface area contributed by atoms with Crippen molar-refractivity contribution in [1.29, 1.82) is 0 Å². The summed E-state index contributed by atoms with van der Waals surface area (Å²) in [5, 5.41) is 3.27. The standard InChI is InChI=1S/C16H21N5/c1-2-13-10-15(21-9-8-12(17)11-21)20-16(18-13)19-14-6-4-3-5-7-14/h3-7,10,12H,2,8-9,11,17H2,1H3,(H,18,19,20). The summed E-state index contributed by atoms with van der Waals surface area (Å²) in [5.41, 5.74) is 8.03. The third-order valence-electron chi connectivity index (χ3n) is 3.71. The summed E-state index contributed by atoms with van der Waals surface area (Å²) >= 11 is 0. The van der Waals surface area contributed by atoms with Crippen LogP contribution >= 0.6 is 0 Å². The molecule has 0 saturated carbocycles. The van der Waals surface area contributed by atoms with E-state index in [2.05, 4.69) is 33.2 Å². The van der Waals surface area contributed by atoms with E-state index in [1.165, 1.54) is 0 Å². The zero-order valence-electron chi connectivity index (χ0n) is 12.3. The van der Waals surface area contributed by atoms with Gasteiger partial charge in [0.05, 0.1) is 0 Å². The Bertz CT molecular complexity index is 599. The molecule has 3 rings (SSSR count). The highest BCUT2D eigenvalue weighted by Crippen LogP contribution is 2.21. The zero-order valence-corrected chi connectivity index (χ0v) is 12.3. The van der Waals surface area contributed by atoms with Gasteiger partial charge in [0.15, 0.2) is 0 Å². The highest BCUT2D eigenvalue weighted by atomic mass is 15.2. The largest absolute Gasteiger partial charge is 0.355 e. The number of nitrogens with two attached hydrogens (primary N) is 1. The molecule has 1 aromatic carbocycles. The van der Waals surface area contributed by atoms with Crippen molar-refractivity contribution in [3.05, 3.63) is 42.1 Å². The molecule has 1 saturated heterocycles. The smallest absolute Gasteiger partial charge is 0.229 e. The molecule has 1 aliphatic heterocycles. The van der Waals surface area contributed by atoms with Gasteiger partial charge in [-0.15, -0.1) is 0 Å². The van der Waals surface area contributed by atoms with Gasteiger partial charge in [0.25, 0.3) is 0 Å². The molecule has 0 spiro atoms. The molecule has 1 fully saturated rings. The normalized spacial score (nSPS) is 18.0. The quantitative estimate of drug-likeness (QED) is 0.901. The van der Waals surface area contributed by atoms with Gasteiger partial charge in [-0.3, -0.25) is 0 Å². The average molecular weight is 283 g/mol. The first kappa shape index (κ1) is 13.8. The molecule has 21 heavy (non-hydrogen) atoms. The predicted molar refractivity (Wildman–Crippen MR) is 85.9 cm³/mol. The van der Waals surface area contributed by atoms with E-state index in [1.807, 2.05) is 30.3 Å². The number of para-hydroxylation sites is 1. The van der Waals surface area contributed by atoms with Crippen molar-refractivity contribution >= 4 is 17.5 Å². The maximum Gasteiger partial charge on any atom is 0.229 e. The van der Waals surface area contributed by atoms with Crippen molar-refractivity contribution < 1.29 is 0 Å². The van der Waals surface area contributed by atoms with Crippen molar-refractivity contribution in [2.45, 2.75) is 25.8 Å². The minimum absolute atomic E-state index is 0.246. The van der Waals surface area contributed by atoms with Gasteiger partial charge in [-0.25, -0.2) is 4.98 Å². The molecule has 2 aromatic rings. The lowest BCUT2D eigenvalue weighted by Gasteiger charge is -2.18. The molecule has 5 nitrogen and oxygen atoms in total. The van der Waals surface area contributed by atoms with Crippen LogP contribution in [0, 0.1) is 0 Å². The van der Waals surface area contributed by atoms with Crippen LogP contribution in [0.2, 0.25) is 0 Å². The number of nitrogens with one attached hydrogen (secondary N) is 1. The van der Waals surface area contributed by atoms with E-state index in [4.69, 9.17) is 5.73 Å². The molecular weight excluding hydrogens is 262 g/mol. The minimum Gasteiger partial charge on any atom is -0.355 e. The molecule has 0 radical (unpaired) electrons. The minimum atomic E-state index is 0.246. The topological polar surface area (TPSA) is 67.1 Å². The van der Waals surface area contributed by atoms with Gasteiger partial charge in [0.1, 0.15) is 5.82 Å². The maximum absolute atomic E-state index is 5.99. The summed E-state index contributed by atoms with van der Waals surface area (Å²) in [4.78, 5) is 11.4. The summed E-state index contributed by atoms with van der Waals surface area (Å²) in [6.07, 6.45) is 1.91. The molecular formula is C16H21N5. The van der Waals surface area contributed by atoms with E-state index < -0.39 is 0 Å². The van der Waals surface area contributed by atoms with E-state index in [1.54, 1.807) is 0 Å². The molecule has 3 N–H and O–H groups in total. The average Bonchev–Trinajstić information content (AvgIpc) is 2.94. The van der Waals surface area contributed by atoms with Crippen LogP contribution in [0.4, 0.5) is 17.5 Å². The van der Waals surface area contributed by atoms with Crippen LogP contribution < -0.4 is 16.0 Å². The first-order valence-corrected chi connectivity index (χ1v) is 7.45. The summed E-state index contributed by atoms with van der Waals surface area (Å²) < 4.78 is 0. The Hall–Kier alpha value is -2.14. The Morgan fingerprint density at radius 2 is 2.10 bits per heavy atom. The predicted octanol–water partition coefficient (Wildman–Crippen LogP) is 2.32. The molecule has 1 aromatic heterocycles. The van der Waals surface area contributed by atoms with E-state index in [-0.39, 0.29) is 6.04 Å². The number of aromatic nitrogens is 2. The van der Waals surface area contributed by atoms with Crippen molar-refractivity contribution in [3.63, 3.8) is 0 Å². The lowest BCUT2D eigenvalue weighted by molar-refractivity contribution is 0.751. The molecule has 5 heteroatoms. The summed E-state index contributed by atoms with van der Waals surface area (Å²) in [6.45, 7) is 3.94. The van der Waals surface area contributed by atoms with Gasteiger partial charge in [-0.2, -0.15) is 4.98 Å². The molecule has 2 heterocycles. The lowest BCUT2D eigenvalue weighted by atomic mass is 10.3. The maximum atomic E-state index is 5.99. The molecule has 1 atom stereocenters. The van der Waals surface area contributed by atoms with Gasteiger partial charge in [0, 0.05) is 36.6 Å². The monoisotopic (exact) mass is 283 g/mol. The van der Waals surface area contributed by atoms with Crippen molar-refractivity contribution in [1.82, 2.24) is 9.97 Å². The summed E-state index contributed by atoms with van der Waals surface area (Å²) in [5.74, 6) is 1.62. The number of nitrogens with zero attached hydrogens (tertiary/aromatic N) is 3. The number of hydrogen-bond donors (Lipinski definition) is 2. The number of benzene rings is 1. The van der Waals surface area contributed by atoms with Crippen molar-refractivity contribution in [3.8, 4) is 0 Å². The molecule has 0 bridgehead atoms. The van der Waals surface area contributed by atoms with E-state index in [0.29, 0.717) is 5.95 Å². The second-order valence-electron chi connectivity index (χ2n) is 5.38. The fourth-order valence-electron chi connectivity index (χ4n) is 2.53. The van der Waals surface area contributed by atoms with E-state index in [0.717, 1.165) is 43.1 Å². The molecule has 1 unspecified atom stereocenters. The van der Waals surface area contributed by atoms with Crippen LogP contribution in [0.1, 0.15) is 19.0 Å². The Morgan fingerprint density at radius 1 is 1.29 bits per heavy atom. The Kier molecular flexibility index (Phi) is 4.01. The first-order chi connectivity index (χ1) is 10.2. The first-order valence-electron chi connectivity index (χ1n) is 7.45. The third-order valence-corrected chi connectivity index (χ3v) is 3.71. The van der Waals surface area contributed by atoms with Gasteiger partial charge in [-0.05, 0) is 25.0 Å². The number of anilines is 3. The molecule has 1 aliphatic rings.